The summed E-state index contributed by atoms with van der Waals surface area (Å²) in [6, 6.07) is 0.312. The van der Waals surface area contributed by atoms with Gasteiger partial charge in [-0.3, -0.25) is 4.79 Å². The molecule has 1 saturated heterocycles. The van der Waals surface area contributed by atoms with Gasteiger partial charge in [-0.15, -0.1) is 0 Å². The number of nitrogens with zero attached hydrogens (tertiary/aromatic N) is 4. The summed E-state index contributed by atoms with van der Waals surface area (Å²) in [6.07, 6.45) is 6.38. The number of hydrogen-bond acceptors (Lipinski definition) is 4. The van der Waals surface area contributed by atoms with Gasteiger partial charge in [-0.25, -0.2) is 4.98 Å². The van der Waals surface area contributed by atoms with Crippen LogP contribution in [0.25, 0.3) is 0 Å². The highest BCUT2D eigenvalue weighted by Gasteiger charge is 2.27. The minimum atomic E-state index is 0.153. The van der Waals surface area contributed by atoms with Gasteiger partial charge in [-0.05, 0) is 26.7 Å². The standard InChI is InChI=1S/C18H26N4O2/c1-12(2)18-19-7-9-22(18)15-6-5-8-21(11-15)17(23)10-16-13(3)20-24-14(16)4/h7,9,12,15H,5-6,8,10-11H2,1-4H3. The van der Waals surface area contributed by atoms with E-state index in [4.69, 9.17) is 4.52 Å². The van der Waals surface area contributed by atoms with Crippen LogP contribution in [0.3, 0.4) is 0 Å². The number of imidazole rings is 1. The Morgan fingerprint density at radius 2 is 2.21 bits per heavy atom. The summed E-state index contributed by atoms with van der Waals surface area (Å²) in [6.45, 7) is 9.63. The van der Waals surface area contributed by atoms with E-state index in [0.717, 1.165) is 48.8 Å². The minimum absolute atomic E-state index is 0.153. The summed E-state index contributed by atoms with van der Waals surface area (Å²) in [5, 5.41) is 3.94. The molecule has 0 N–H and O–H groups in total. The van der Waals surface area contributed by atoms with Crippen molar-refractivity contribution in [2.24, 2.45) is 0 Å². The smallest absolute Gasteiger partial charge is 0.227 e. The van der Waals surface area contributed by atoms with Crippen LogP contribution in [0.15, 0.2) is 16.9 Å². The van der Waals surface area contributed by atoms with Crippen molar-refractivity contribution in [3.63, 3.8) is 0 Å². The van der Waals surface area contributed by atoms with Gasteiger partial charge in [0.05, 0.1) is 18.2 Å². The Hall–Kier alpha value is -2.11. The van der Waals surface area contributed by atoms with Crippen LogP contribution in [0.4, 0.5) is 0 Å². The molecule has 2 aromatic rings. The van der Waals surface area contributed by atoms with Crippen molar-refractivity contribution < 1.29 is 9.32 Å². The summed E-state index contributed by atoms with van der Waals surface area (Å²) < 4.78 is 7.42. The van der Waals surface area contributed by atoms with Crippen LogP contribution < -0.4 is 0 Å². The molecule has 6 nitrogen and oxygen atoms in total. The quantitative estimate of drug-likeness (QED) is 0.864. The molecule has 1 amide bonds. The molecule has 0 aromatic carbocycles. The van der Waals surface area contributed by atoms with E-state index in [1.54, 1.807) is 0 Å². The van der Waals surface area contributed by atoms with E-state index in [2.05, 4.69) is 28.6 Å². The monoisotopic (exact) mass is 330 g/mol. The SMILES string of the molecule is Cc1noc(C)c1CC(=O)N1CCCC(n2ccnc2C(C)C)C1. The van der Waals surface area contributed by atoms with E-state index >= 15 is 0 Å². The number of carbonyl (C=O) groups is 1. The minimum Gasteiger partial charge on any atom is -0.361 e. The molecule has 1 aliphatic rings. The van der Waals surface area contributed by atoms with Gasteiger partial charge in [-0.2, -0.15) is 0 Å². The lowest BCUT2D eigenvalue weighted by Gasteiger charge is -2.34. The molecular formula is C18H26N4O2. The largest absolute Gasteiger partial charge is 0.361 e. The van der Waals surface area contributed by atoms with Crippen LogP contribution in [0.5, 0.6) is 0 Å². The van der Waals surface area contributed by atoms with Gasteiger partial charge in [0.15, 0.2) is 0 Å². The molecule has 0 saturated carbocycles. The number of likely N-dealkylation sites (tertiary alicyclic amines) is 1. The Morgan fingerprint density at radius 1 is 1.42 bits per heavy atom. The van der Waals surface area contributed by atoms with Crippen molar-refractivity contribution in [3.8, 4) is 0 Å². The average Bonchev–Trinajstić information content (AvgIpc) is 3.17. The van der Waals surface area contributed by atoms with E-state index in [0.29, 0.717) is 18.4 Å². The van der Waals surface area contributed by atoms with Gasteiger partial charge in [0, 0.05) is 37.0 Å². The number of hydrogen-bond donors (Lipinski definition) is 0. The molecular weight excluding hydrogens is 304 g/mol. The Balaban J connectivity index is 1.71. The fourth-order valence-corrected chi connectivity index (χ4v) is 3.51. The maximum atomic E-state index is 12.7. The third-order valence-corrected chi connectivity index (χ3v) is 4.87. The third-order valence-electron chi connectivity index (χ3n) is 4.87. The van der Waals surface area contributed by atoms with Crippen LogP contribution in [-0.4, -0.2) is 38.6 Å². The van der Waals surface area contributed by atoms with Crippen molar-refractivity contribution in [2.75, 3.05) is 13.1 Å². The Morgan fingerprint density at radius 3 is 2.88 bits per heavy atom. The zero-order valence-electron chi connectivity index (χ0n) is 15.0. The van der Waals surface area contributed by atoms with Crippen molar-refractivity contribution in [2.45, 2.75) is 58.9 Å². The lowest BCUT2D eigenvalue weighted by Crippen LogP contribution is -2.41. The molecule has 1 atom stereocenters. The van der Waals surface area contributed by atoms with E-state index in [-0.39, 0.29) is 5.91 Å². The van der Waals surface area contributed by atoms with Crippen LogP contribution in [0, 0.1) is 13.8 Å². The molecule has 0 radical (unpaired) electrons. The normalized spacial score (nSPS) is 18.4. The second-order valence-corrected chi connectivity index (χ2v) is 6.96. The summed E-state index contributed by atoms with van der Waals surface area (Å²) in [5.74, 6) is 2.37. The number of piperidine rings is 1. The highest BCUT2D eigenvalue weighted by Crippen LogP contribution is 2.26. The molecule has 2 aromatic heterocycles. The molecule has 1 aliphatic heterocycles. The Kier molecular flexibility index (Phi) is 4.73. The number of aromatic nitrogens is 3. The summed E-state index contributed by atoms with van der Waals surface area (Å²) in [4.78, 5) is 19.2. The molecule has 1 fully saturated rings. The lowest BCUT2D eigenvalue weighted by molar-refractivity contribution is -0.132. The molecule has 3 heterocycles. The van der Waals surface area contributed by atoms with Crippen molar-refractivity contribution >= 4 is 5.91 Å². The summed E-state index contributed by atoms with van der Waals surface area (Å²) >= 11 is 0. The van der Waals surface area contributed by atoms with Gasteiger partial charge in [0.2, 0.25) is 5.91 Å². The number of carbonyl (C=O) groups excluding carboxylic acids is 1. The van der Waals surface area contributed by atoms with Gasteiger partial charge < -0.3 is 14.0 Å². The average molecular weight is 330 g/mol. The predicted molar refractivity (Wildman–Crippen MR) is 90.8 cm³/mol. The summed E-state index contributed by atoms with van der Waals surface area (Å²) in [7, 11) is 0. The molecule has 24 heavy (non-hydrogen) atoms. The molecule has 0 bridgehead atoms. The molecule has 1 unspecified atom stereocenters. The van der Waals surface area contributed by atoms with Crippen molar-refractivity contribution in [1.82, 2.24) is 19.6 Å². The number of amides is 1. The Labute approximate surface area is 142 Å². The van der Waals surface area contributed by atoms with E-state index in [1.807, 2.05) is 31.1 Å². The fourth-order valence-electron chi connectivity index (χ4n) is 3.51. The second kappa shape index (κ2) is 6.79. The lowest BCUT2D eigenvalue weighted by atomic mass is 10.0. The number of rotatable bonds is 4. The number of aryl methyl sites for hydroxylation is 2. The van der Waals surface area contributed by atoms with Crippen molar-refractivity contribution in [1.29, 1.82) is 0 Å². The van der Waals surface area contributed by atoms with Gasteiger partial charge in [-0.1, -0.05) is 19.0 Å². The highest BCUT2D eigenvalue weighted by molar-refractivity contribution is 5.79. The van der Waals surface area contributed by atoms with Crippen LogP contribution in [-0.2, 0) is 11.2 Å². The first-order valence-corrected chi connectivity index (χ1v) is 8.69. The van der Waals surface area contributed by atoms with Gasteiger partial charge in [0.25, 0.3) is 0 Å². The van der Waals surface area contributed by atoms with Gasteiger partial charge >= 0.3 is 0 Å². The topological polar surface area (TPSA) is 64.2 Å². The fraction of sp³-hybridized carbons (Fsp3) is 0.611. The first-order valence-electron chi connectivity index (χ1n) is 8.69. The van der Waals surface area contributed by atoms with E-state index < -0.39 is 0 Å². The van der Waals surface area contributed by atoms with E-state index in [1.165, 1.54) is 0 Å². The van der Waals surface area contributed by atoms with Crippen LogP contribution >= 0.6 is 0 Å². The first-order chi connectivity index (χ1) is 11.5. The molecule has 0 aliphatic carbocycles. The molecule has 130 valence electrons. The highest BCUT2D eigenvalue weighted by atomic mass is 16.5. The molecule has 6 heteroatoms. The maximum Gasteiger partial charge on any atom is 0.227 e. The predicted octanol–water partition coefficient (Wildman–Crippen LogP) is 3.02. The Bertz CT molecular complexity index is 697. The van der Waals surface area contributed by atoms with Crippen molar-refractivity contribution in [3.05, 3.63) is 35.2 Å². The zero-order chi connectivity index (χ0) is 17.3. The molecule has 3 rings (SSSR count). The van der Waals surface area contributed by atoms with Crippen LogP contribution in [0.2, 0.25) is 0 Å². The summed E-state index contributed by atoms with van der Waals surface area (Å²) in [5.41, 5.74) is 1.73. The first kappa shape index (κ1) is 16.7. The third kappa shape index (κ3) is 3.23. The maximum absolute atomic E-state index is 12.7. The zero-order valence-corrected chi connectivity index (χ0v) is 15.0. The second-order valence-electron chi connectivity index (χ2n) is 6.96. The van der Waals surface area contributed by atoms with Crippen LogP contribution in [0.1, 0.15) is 61.5 Å². The van der Waals surface area contributed by atoms with E-state index in [9.17, 15) is 4.79 Å². The molecule has 0 spiro atoms. The van der Waals surface area contributed by atoms with Gasteiger partial charge in [0.1, 0.15) is 11.6 Å².